The van der Waals surface area contributed by atoms with E-state index in [-0.39, 0.29) is 23.6 Å². The fourth-order valence-electron chi connectivity index (χ4n) is 3.04. The molecule has 136 valence electrons. The first kappa shape index (κ1) is 16.9. The van der Waals surface area contributed by atoms with Gasteiger partial charge in [-0.2, -0.15) is 0 Å². The number of carbonyl (C=O) groups is 2. The molecule has 1 aliphatic rings. The minimum atomic E-state index is -0.337. The van der Waals surface area contributed by atoms with Crippen LogP contribution < -0.4 is 15.4 Å². The van der Waals surface area contributed by atoms with Crippen molar-refractivity contribution < 1.29 is 18.7 Å². The van der Waals surface area contributed by atoms with Gasteiger partial charge in [0, 0.05) is 23.2 Å². The minimum Gasteiger partial charge on any atom is -0.493 e. The van der Waals surface area contributed by atoms with Crippen LogP contribution in [0, 0.1) is 0 Å². The molecule has 6 nitrogen and oxygen atoms in total. The average Bonchev–Trinajstić information content (AvgIpc) is 3.24. The Morgan fingerprint density at radius 1 is 0.926 bits per heavy atom. The molecule has 0 radical (unpaired) electrons. The van der Waals surface area contributed by atoms with Gasteiger partial charge in [-0.05, 0) is 42.5 Å². The Bertz CT molecular complexity index is 949. The van der Waals surface area contributed by atoms with E-state index in [9.17, 15) is 9.59 Å². The lowest BCUT2D eigenvalue weighted by Gasteiger charge is -2.26. The molecule has 27 heavy (non-hydrogen) atoms. The van der Waals surface area contributed by atoms with Crippen molar-refractivity contribution in [2.24, 2.45) is 0 Å². The first-order chi connectivity index (χ1) is 13.2. The van der Waals surface area contributed by atoms with Crippen LogP contribution in [-0.4, -0.2) is 18.4 Å². The molecule has 0 saturated heterocycles. The van der Waals surface area contributed by atoms with Crippen LogP contribution >= 0.6 is 0 Å². The van der Waals surface area contributed by atoms with E-state index >= 15 is 0 Å². The van der Waals surface area contributed by atoms with Gasteiger partial charge in [0.2, 0.25) is 0 Å². The maximum Gasteiger partial charge on any atom is 0.291 e. The molecule has 0 spiro atoms. The average molecular weight is 362 g/mol. The molecule has 2 aromatic carbocycles. The van der Waals surface area contributed by atoms with Gasteiger partial charge < -0.3 is 19.8 Å². The Balaban J connectivity index is 1.42. The lowest BCUT2D eigenvalue weighted by Crippen LogP contribution is -2.32. The van der Waals surface area contributed by atoms with E-state index in [4.69, 9.17) is 9.15 Å². The number of anilines is 1. The number of carbonyl (C=O) groups excluding carboxylic acids is 2. The summed E-state index contributed by atoms with van der Waals surface area (Å²) < 4.78 is 10.7. The third kappa shape index (κ3) is 3.69. The number of rotatable bonds is 4. The molecule has 0 aliphatic carbocycles. The number of hydrogen-bond donors (Lipinski definition) is 2. The largest absolute Gasteiger partial charge is 0.493 e. The Kier molecular flexibility index (Phi) is 4.61. The van der Waals surface area contributed by atoms with Crippen LogP contribution in [0.2, 0.25) is 0 Å². The number of nitrogens with one attached hydrogen (secondary N) is 2. The van der Waals surface area contributed by atoms with Crippen LogP contribution in [0.1, 0.15) is 38.9 Å². The van der Waals surface area contributed by atoms with Crippen LogP contribution in [0.4, 0.5) is 5.69 Å². The van der Waals surface area contributed by atoms with Crippen LogP contribution in [0.15, 0.2) is 71.3 Å². The summed E-state index contributed by atoms with van der Waals surface area (Å²) in [6, 6.07) is 17.6. The number of hydrogen-bond acceptors (Lipinski definition) is 4. The zero-order valence-corrected chi connectivity index (χ0v) is 14.5. The van der Waals surface area contributed by atoms with Gasteiger partial charge in [-0.1, -0.05) is 18.2 Å². The van der Waals surface area contributed by atoms with Crippen molar-refractivity contribution >= 4 is 17.5 Å². The maximum absolute atomic E-state index is 12.6. The van der Waals surface area contributed by atoms with Gasteiger partial charge in [0.1, 0.15) is 5.75 Å². The highest BCUT2D eigenvalue weighted by molar-refractivity contribution is 6.02. The van der Waals surface area contributed by atoms with Gasteiger partial charge >= 0.3 is 0 Å². The van der Waals surface area contributed by atoms with Crippen LogP contribution in [-0.2, 0) is 0 Å². The van der Waals surface area contributed by atoms with Crippen LogP contribution in [0.25, 0.3) is 0 Å². The fourth-order valence-corrected chi connectivity index (χ4v) is 3.04. The van der Waals surface area contributed by atoms with Crippen molar-refractivity contribution in [3.8, 4) is 5.75 Å². The van der Waals surface area contributed by atoms with E-state index in [1.54, 1.807) is 36.4 Å². The van der Waals surface area contributed by atoms with Gasteiger partial charge in [-0.15, -0.1) is 0 Å². The Morgan fingerprint density at radius 3 is 2.52 bits per heavy atom. The molecule has 1 unspecified atom stereocenters. The van der Waals surface area contributed by atoms with Gasteiger partial charge in [-0.3, -0.25) is 9.59 Å². The molecule has 1 aromatic heterocycles. The van der Waals surface area contributed by atoms with E-state index in [1.165, 1.54) is 6.26 Å². The van der Waals surface area contributed by atoms with Crippen molar-refractivity contribution in [2.75, 3.05) is 11.9 Å². The predicted molar refractivity (Wildman–Crippen MR) is 99.9 cm³/mol. The first-order valence-corrected chi connectivity index (χ1v) is 8.68. The molecule has 2 amide bonds. The molecule has 6 heteroatoms. The first-order valence-electron chi connectivity index (χ1n) is 8.68. The predicted octanol–water partition coefficient (Wildman–Crippen LogP) is 3.79. The lowest BCUT2D eigenvalue weighted by atomic mass is 10.00. The molecule has 1 aliphatic heterocycles. The topological polar surface area (TPSA) is 80.6 Å². The van der Waals surface area contributed by atoms with Gasteiger partial charge in [-0.25, -0.2) is 0 Å². The van der Waals surface area contributed by atoms with Gasteiger partial charge in [0.25, 0.3) is 11.8 Å². The summed E-state index contributed by atoms with van der Waals surface area (Å²) in [7, 11) is 0. The number of ether oxygens (including phenoxy) is 1. The highest BCUT2D eigenvalue weighted by Gasteiger charge is 2.23. The van der Waals surface area contributed by atoms with E-state index in [2.05, 4.69) is 10.6 Å². The fraction of sp³-hybridized carbons (Fsp3) is 0.143. The number of benzene rings is 2. The van der Waals surface area contributed by atoms with Crippen molar-refractivity contribution in [1.29, 1.82) is 0 Å². The Morgan fingerprint density at radius 2 is 1.74 bits per heavy atom. The smallest absolute Gasteiger partial charge is 0.291 e. The highest BCUT2D eigenvalue weighted by atomic mass is 16.5. The SMILES string of the molecule is O=C(NC1CCOc2ccccc21)c1ccc(NC(=O)c2ccco2)cc1. The Labute approximate surface area is 156 Å². The minimum absolute atomic E-state index is 0.0826. The second-order valence-corrected chi connectivity index (χ2v) is 6.21. The molecule has 1 atom stereocenters. The van der Waals surface area contributed by atoms with Crippen molar-refractivity contribution in [3.05, 3.63) is 83.8 Å². The summed E-state index contributed by atoms with van der Waals surface area (Å²) in [5, 5.41) is 5.78. The zero-order valence-electron chi connectivity index (χ0n) is 14.5. The van der Waals surface area contributed by atoms with Gasteiger partial charge in [0.15, 0.2) is 5.76 Å². The number of para-hydroxylation sites is 1. The molecule has 0 bridgehead atoms. The van der Waals surface area contributed by atoms with Crippen LogP contribution in [0.5, 0.6) is 5.75 Å². The highest BCUT2D eigenvalue weighted by Crippen LogP contribution is 2.31. The third-order valence-corrected chi connectivity index (χ3v) is 4.41. The van der Waals surface area contributed by atoms with Crippen LogP contribution in [0.3, 0.4) is 0 Å². The molecule has 0 fully saturated rings. The van der Waals surface area contributed by atoms with Crippen molar-refractivity contribution in [1.82, 2.24) is 5.32 Å². The van der Waals surface area contributed by atoms with Crippen molar-refractivity contribution in [2.45, 2.75) is 12.5 Å². The Hall–Kier alpha value is -3.54. The number of furan rings is 1. The normalized spacial score (nSPS) is 15.3. The molecular weight excluding hydrogens is 344 g/mol. The zero-order chi connectivity index (χ0) is 18.6. The number of amides is 2. The second kappa shape index (κ2) is 7.37. The molecule has 2 heterocycles. The van der Waals surface area contributed by atoms with Crippen molar-refractivity contribution in [3.63, 3.8) is 0 Å². The summed E-state index contributed by atoms with van der Waals surface area (Å²) in [5.41, 5.74) is 2.10. The number of fused-ring (bicyclic) bond motifs is 1. The third-order valence-electron chi connectivity index (χ3n) is 4.41. The molecule has 2 N–H and O–H groups in total. The molecular formula is C21H18N2O4. The summed E-state index contributed by atoms with van der Waals surface area (Å²) in [5.74, 6) is 0.539. The summed E-state index contributed by atoms with van der Waals surface area (Å²) in [6.45, 7) is 0.569. The maximum atomic E-state index is 12.6. The summed E-state index contributed by atoms with van der Waals surface area (Å²) in [4.78, 5) is 24.6. The van der Waals surface area contributed by atoms with E-state index in [0.29, 0.717) is 17.9 Å². The summed E-state index contributed by atoms with van der Waals surface area (Å²) >= 11 is 0. The van der Waals surface area contributed by atoms with E-state index in [1.807, 2.05) is 24.3 Å². The second-order valence-electron chi connectivity index (χ2n) is 6.21. The van der Waals surface area contributed by atoms with E-state index < -0.39 is 0 Å². The molecule has 4 rings (SSSR count). The molecule has 0 saturated carbocycles. The van der Waals surface area contributed by atoms with E-state index in [0.717, 1.165) is 17.7 Å². The standard InChI is InChI=1S/C21H18N2O4/c24-20(23-17-11-13-27-18-5-2-1-4-16(17)18)14-7-9-15(10-8-14)22-21(25)19-6-3-12-26-19/h1-10,12,17H,11,13H2,(H,22,25)(H,23,24). The summed E-state index contributed by atoms with van der Waals surface area (Å²) in [6.07, 6.45) is 2.16. The monoisotopic (exact) mass is 362 g/mol. The van der Waals surface area contributed by atoms with Gasteiger partial charge in [0.05, 0.1) is 18.9 Å². The lowest BCUT2D eigenvalue weighted by molar-refractivity contribution is 0.0924. The quantitative estimate of drug-likeness (QED) is 0.740. The molecule has 3 aromatic rings.